The van der Waals surface area contributed by atoms with E-state index in [0.717, 1.165) is 40.1 Å². The first-order valence-electron chi connectivity index (χ1n) is 11.4. The van der Waals surface area contributed by atoms with E-state index in [1.54, 1.807) is 30.9 Å². The molecule has 3 aromatic heterocycles. The summed E-state index contributed by atoms with van der Waals surface area (Å²) in [4.78, 5) is 25.4. The van der Waals surface area contributed by atoms with Crippen LogP contribution in [0.2, 0.25) is 0 Å². The van der Waals surface area contributed by atoms with Gasteiger partial charge in [0, 0.05) is 61.0 Å². The lowest BCUT2D eigenvalue weighted by Crippen LogP contribution is -2.26. The molecule has 0 spiro atoms. The Labute approximate surface area is 216 Å². The van der Waals surface area contributed by atoms with Crippen molar-refractivity contribution in [2.45, 2.75) is 13.0 Å². The number of nitrogens with one attached hydrogen (secondary N) is 2. The second-order valence-corrected chi connectivity index (χ2v) is 9.08. The van der Waals surface area contributed by atoms with Crippen LogP contribution in [0, 0.1) is 0 Å². The normalized spacial score (nSPS) is 10.9. The van der Waals surface area contributed by atoms with Crippen molar-refractivity contribution < 1.29 is 9.53 Å². The van der Waals surface area contributed by atoms with Gasteiger partial charge in [0.05, 0.1) is 17.4 Å². The summed E-state index contributed by atoms with van der Waals surface area (Å²) in [6.07, 6.45) is 7.74. The monoisotopic (exact) mass is 545 g/mol. The average Bonchev–Trinajstić information content (AvgIpc) is 3.51. The fourth-order valence-corrected chi connectivity index (χ4v) is 3.99. The molecular formula is C26H24BrN7O2. The Kier molecular flexibility index (Phi) is 6.94. The number of hydrogen-bond acceptors (Lipinski definition) is 6. The Morgan fingerprint density at radius 1 is 1.06 bits per heavy atom. The van der Waals surface area contributed by atoms with Crippen LogP contribution in [0.1, 0.15) is 16.9 Å². The smallest absolute Gasteiger partial charge is 0.270 e. The van der Waals surface area contributed by atoms with Crippen molar-refractivity contribution in [2.75, 3.05) is 11.9 Å². The van der Waals surface area contributed by atoms with E-state index in [0.29, 0.717) is 23.7 Å². The van der Waals surface area contributed by atoms with Crippen molar-refractivity contribution in [3.05, 3.63) is 89.7 Å². The minimum Gasteiger partial charge on any atom is -0.457 e. The van der Waals surface area contributed by atoms with Gasteiger partial charge < -0.3 is 24.5 Å². The standard InChI is InChI=1S/C26H24BrN7O2/c1-33-24-8-7-20(15-22(24)32-26(33)31-19-5-3-18(27)4-6-19)36-21-9-11-29-23(16-21)25(35)30-10-2-13-34-14-12-28-17-34/h3-9,11-12,14-17H,2,10,13H2,1H3,(H,30,35)(H,31,32). The predicted molar refractivity (Wildman–Crippen MR) is 142 cm³/mol. The third kappa shape index (κ3) is 5.55. The number of fused-ring (bicyclic) bond motifs is 1. The van der Waals surface area contributed by atoms with Crippen LogP contribution in [0.25, 0.3) is 11.0 Å². The maximum atomic E-state index is 12.5. The van der Waals surface area contributed by atoms with Gasteiger partial charge in [0.2, 0.25) is 5.95 Å². The number of nitrogens with zero attached hydrogens (tertiary/aromatic N) is 5. The van der Waals surface area contributed by atoms with Gasteiger partial charge in [0.15, 0.2) is 0 Å². The molecule has 10 heteroatoms. The van der Waals surface area contributed by atoms with Crippen LogP contribution in [-0.4, -0.2) is 36.5 Å². The molecular weight excluding hydrogens is 522 g/mol. The third-order valence-electron chi connectivity index (χ3n) is 5.59. The summed E-state index contributed by atoms with van der Waals surface area (Å²) < 4.78 is 11.0. The number of rotatable bonds is 9. The molecule has 1 amide bonds. The van der Waals surface area contributed by atoms with Crippen molar-refractivity contribution in [3.63, 3.8) is 0 Å². The maximum absolute atomic E-state index is 12.5. The lowest BCUT2D eigenvalue weighted by atomic mass is 10.3. The van der Waals surface area contributed by atoms with E-state index in [4.69, 9.17) is 9.72 Å². The number of pyridine rings is 1. The van der Waals surface area contributed by atoms with E-state index in [1.165, 1.54) is 0 Å². The van der Waals surface area contributed by atoms with Crippen LogP contribution >= 0.6 is 15.9 Å². The number of ether oxygens (including phenoxy) is 1. The molecule has 0 radical (unpaired) electrons. The molecule has 36 heavy (non-hydrogen) atoms. The summed E-state index contributed by atoms with van der Waals surface area (Å²) in [7, 11) is 1.96. The molecule has 0 bridgehead atoms. The molecule has 0 aliphatic heterocycles. The molecule has 2 aromatic carbocycles. The zero-order valence-corrected chi connectivity index (χ0v) is 21.1. The second kappa shape index (κ2) is 10.6. The lowest BCUT2D eigenvalue weighted by Gasteiger charge is -2.08. The number of carbonyl (C=O) groups excluding carboxylic acids is 1. The number of amides is 1. The van der Waals surface area contributed by atoms with E-state index < -0.39 is 0 Å². The summed E-state index contributed by atoms with van der Waals surface area (Å²) in [5.74, 6) is 1.63. The Balaban J connectivity index is 1.24. The summed E-state index contributed by atoms with van der Waals surface area (Å²) in [6.45, 7) is 1.32. The van der Waals surface area contributed by atoms with E-state index in [1.807, 2.05) is 64.8 Å². The Hall–Kier alpha value is -4.18. The lowest BCUT2D eigenvalue weighted by molar-refractivity contribution is 0.0947. The fraction of sp³-hybridized carbons (Fsp3) is 0.154. The molecule has 0 aliphatic carbocycles. The van der Waals surface area contributed by atoms with Crippen LogP contribution < -0.4 is 15.4 Å². The third-order valence-corrected chi connectivity index (χ3v) is 6.12. The number of imidazole rings is 2. The van der Waals surface area contributed by atoms with Gasteiger partial charge in [0.25, 0.3) is 5.91 Å². The van der Waals surface area contributed by atoms with Crippen molar-refractivity contribution in [3.8, 4) is 11.5 Å². The van der Waals surface area contributed by atoms with Crippen LogP contribution in [0.15, 0.2) is 84.0 Å². The highest BCUT2D eigenvalue weighted by Crippen LogP contribution is 2.28. The average molecular weight is 546 g/mol. The van der Waals surface area contributed by atoms with Crippen molar-refractivity contribution in [1.29, 1.82) is 0 Å². The highest BCUT2D eigenvalue weighted by atomic mass is 79.9. The number of carbonyl (C=O) groups is 1. The number of anilines is 2. The first-order chi connectivity index (χ1) is 17.5. The molecule has 0 aliphatic rings. The van der Waals surface area contributed by atoms with E-state index >= 15 is 0 Å². The minimum absolute atomic E-state index is 0.241. The van der Waals surface area contributed by atoms with Crippen molar-refractivity contribution in [1.82, 2.24) is 29.4 Å². The fourth-order valence-electron chi connectivity index (χ4n) is 3.73. The Morgan fingerprint density at radius 2 is 1.89 bits per heavy atom. The summed E-state index contributed by atoms with van der Waals surface area (Å²) in [5, 5.41) is 6.24. The van der Waals surface area contributed by atoms with Gasteiger partial charge in [-0.05, 0) is 48.9 Å². The van der Waals surface area contributed by atoms with Crippen molar-refractivity contribution >= 4 is 44.5 Å². The number of aromatic nitrogens is 5. The molecule has 5 rings (SSSR count). The molecule has 2 N–H and O–H groups in total. The Bertz CT molecular complexity index is 1480. The molecule has 182 valence electrons. The molecule has 0 fully saturated rings. The molecule has 0 saturated carbocycles. The van der Waals surface area contributed by atoms with Crippen LogP contribution in [-0.2, 0) is 13.6 Å². The van der Waals surface area contributed by atoms with E-state index in [9.17, 15) is 4.79 Å². The van der Waals surface area contributed by atoms with Gasteiger partial charge in [-0.3, -0.25) is 9.78 Å². The van der Waals surface area contributed by atoms with E-state index in [2.05, 4.69) is 36.5 Å². The molecule has 0 atom stereocenters. The summed E-state index contributed by atoms with van der Waals surface area (Å²) in [6, 6.07) is 17.0. The SMILES string of the molecule is Cn1c(Nc2ccc(Br)cc2)nc2cc(Oc3ccnc(C(=O)NCCCn4ccnc4)c3)ccc21. The zero-order valence-electron chi connectivity index (χ0n) is 19.6. The quantitative estimate of drug-likeness (QED) is 0.244. The minimum atomic E-state index is -0.241. The van der Waals surface area contributed by atoms with Crippen LogP contribution in [0.3, 0.4) is 0 Å². The number of benzene rings is 2. The zero-order chi connectivity index (χ0) is 24.9. The molecule has 9 nitrogen and oxygen atoms in total. The highest BCUT2D eigenvalue weighted by molar-refractivity contribution is 9.10. The largest absolute Gasteiger partial charge is 0.457 e. The number of halogens is 1. The summed E-state index contributed by atoms with van der Waals surface area (Å²) >= 11 is 3.45. The van der Waals surface area contributed by atoms with Gasteiger partial charge in [-0.15, -0.1) is 0 Å². The predicted octanol–water partition coefficient (Wildman–Crippen LogP) is 5.28. The number of hydrogen-bond donors (Lipinski definition) is 2. The molecule has 0 saturated heterocycles. The Morgan fingerprint density at radius 3 is 2.69 bits per heavy atom. The molecule has 5 aromatic rings. The van der Waals surface area contributed by atoms with Crippen molar-refractivity contribution in [2.24, 2.45) is 7.05 Å². The van der Waals surface area contributed by atoms with Gasteiger partial charge in [-0.1, -0.05) is 15.9 Å². The first kappa shape index (κ1) is 23.6. The molecule has 0 unspecified atom stereocenters. The topological polar surface area (TPSA) is 98.9 Å². The van der Waals surface area contributed by atoms with E-state index in [-0.39, 0.29) is 5.91 Å². The highest BCUT2D eigenvalue weighted by Gasteiger charge is 2.12. The number of aryl methyl sites for hydroxylation is 2. The van der Waals surface area contributed by atoms with Gasteiger partial charge in [-0.25, -0.2) is 9.97 Å². The maximum Gasteiger partial charge on any atom is 0.270 e. The first-order valence-corrected chi connectivity index (χ1v) is 12.2. The van der Waals surface area contributed by atoms with Gasteiger partial charge >= 0.3 is 0 Å². The molecule has 3 heterocycles. The van der Waals surface area contributed by atoms with Gasteiger partial charge in [-0.2, -0.15) is 0 Å². The van der Waals surface area contributed by atoms with Gasteiger partial charge in [0.1, 0.15) is 17.2 Å². The second-order valence-electron chi connectivity index (χ2n) is 8.17. The summed E-state index contributed by atoms with van der Waals surface area (Å²) in [5.41, 5.74) is 3.00. The van der Waals surface area contributed by atoms with Crippen LogP contribution in [0.5, 0.6) is 11.5 Å². The van der Waals surface area contributed by atoms with Crippen LogP contribution in [0.4, 0.5) is 11.6 Å².